The van der Waals surface area contributed by atoms with Crippen molar-refractivity contribution in [2.45, 2.75) is 6.54 Å². The lowest BCUT2D eigenvalue weighted by Crippen LogP contribution is -2.46. The van der Waals surface area contributed by atoms with Crippen molar-refractivity contribution in [3.8, 4) is 0 Å². The smallest absolute Gasteiger partial charge is 0.311 e. The molecule has 3 heterocycles. The van der Waals surface area contributed by atoms with E-state index in [9.17, 15) is 14.5 Å². The molecule has 0 bridgehead atoms. The van der Waals surface area contributed by atoms with E-state index in [1.54, 1.807) is 6.07 Å². The van der Waals surface area contributed by atoms with Crippen LogP contribution in [0.5, 0.6) is 0 Å². The number of piperazine rings is 1. The Morgan fingerprint density at radius 3 is 2.41 bits per heavy atom. The number of anilines is 2. The van der Waals surface area contributed by atoms with Gasteiger partial charge in [-0.05, 0) is 23.8 Å². The fourth-order valence-electron chi connectivity index (χ4n) is 4.04. The highest BCUT2D eigenvalue weighted by molar-refractivity contribution is 5.61. The van der Waals surface area contributed by atoms with Gasteiger partial charge in [0.1, 0.15) is 11.6 Å². The second kappa shape index (κ2) is 10.7. The molecule has 172 valence electrons. The highest BCUT2D eigenvalue weighted by Gasteiger charge is 2.22. The molecule has 1 aromatic carbocycles. The number of rotatable bonds is 8. The second-order valence-electron chi connectivity index (χ2n) is 8.06. The Labute approximate surface area is 186 Å². The topological polar surface area (TPSA) is 87.0 Å². The van der Waals surface area contributed by atoms with Crippen LogP contribution in [0.2, 0.25) is 0 Å². The van der Waals surface area contributed by atoms with Crippen LogP contribution in [0.15, 0.2) is 36.4 Å². The third-order valence-corrected chi connectivity index (χ3v) is 5.90. The van der Waals surface area contributed by atoms with Gasteiger partial charge >= 0.3 is 5.69 Å². The number of nitro groups is 1. The van der Waals surface area contributed by atoms with Crippen molar-refractivity contribution in [2.24, 2.45) is 0 Å². The molecular formula is C22H29FN6O3. The Kier molecular flexibility index (Phi) is 7.46. The van der Waals surface area contributed by atoms with Crippen LogP contribution < -0.4 is 10.2 Å². The Morgan fingerprint density at radius 1 is 1.00 bits per heavy atom. The molecule has 1 N–H and O–H groups in total. The van der Waals surface area contributed by atoms with E-state index in [1.807, 2.05) is 12.1 Å². The molecule has 32 heavy (non-hydrogen) atoms. The number of nitrogens with one attached hydrogen (secondary N) is 1. The highest BCUT2D eigenvalue weighted by atomic mass is 19.1. The number of benzene rings is 1. The number of hydrogen-bond donors (Lipinski definition) is 1. The summed E-state index contributed by atoms with van der Waals surface area (Å²) in [5, 5.41) is 14.6. The number of halogens is 1. The van der Waals surface area contributed by atoms with Gasteiger partial charge in [0.05, 0.1) is 18.1 Å². The van der Waals surface area contributed by atoms with Gasteiger partial charge in [-0.25, -0.2) is 9.37 Å². The molecule has 0 amide bonds. The largest absolute Gasteiger partial charge is 0.379 e. The van der Waals surface area contributed by atoms with Crippen LogP contribution in [0.3, 0.4) is 0 Å². The molecule has 9 nitrogen and oxygen atoms in total. The van der Waals surface area contributed by atoms with Crippen molar-refractivity contribution in [1.29, 1.82) is 0 Å². The van der Waals surface area contributed by atoms with E-state index in [4.69, 9.17) is 4.74 Å². The summed E-state index contributed by atoms with van der Waals surface area (Å²) in [6.45, 7) is 8.58. The van der Waals surface area contributed by atoms with E-state index in [0.29, 0.717) is 12.4 Å². The number of ether oxygens (including phenoxy) is 1. The summed E-state index contributed by atoms with van der Waals surface area (Å²) < 4.78 is 18.5. The lowest BCUT2D eigenvalue weighted by atomic mass is 10.2. The van der Waals surface area contributed by atoms with Crippen LogP contribution in [0.1, 0.15) is 5.56 Å². The Hall–Kier alpha value is -2.82. The van der Waals surface area contributed by atoms with Crippen LogP contribution in [0.4, 0.5) is 21.7 Å². The summed E-state index contributed by atoms with van der Waals surface area (Å²) >= 11 is 0. The molecule has 10 heteroatoms. The predicted molar refractivity (Wildman–Crippen MR) is 121 cm³/mol. The number of aromatic nitrogens is 1. The summed E-state index contributed by atoms with van der Waals surface area (Å²) in [5.41, 5.74) is 1.07. The summed E-state index contributed by atoms with van der Waals surface area (Å²) in [6.07, 6.45) is 0. The van der Waals surface area contributed by atoms with Gasteiger partial charge in [0, 0.05) is 65.0 Å². The van der Waals surface area contributed by atoms with Gasteiger partial charge in [-0.15, -0.1) is 0 Å². The highest BCUT2D eigenvalue weighted by Crippen LogP contribution is 2.26. The Bertz CT molecular complexity index is 899. The number of hydrogen-bond acceptors (Lipinski definition) is 8. The van der Waals surface area contributed by atoms with Gasteiger partial charge < -0.3 is 15.0 Å². The average Bonchev–Trinajstić information content (AvgIpc) is 2.81. The van der Waals surface area contributed by atoms with Crippen LogP contribution in [-0.4, -0.2) is 85.3 Å². The third kappa shape index (κ3) is 5.90. The summed E-state index contributed by atoms with van der Waals surface area (Å²) in [7, 11) is 0. The van der Waals surface area contributed by atoms with Gasteiger partial charge in [0.2, 0.25) is 5.82 Å². The van der Waals surface area contributed by atoms with E-state index in [1.165, 1.54) is 18.2 Å². The van der Waals surface area contributed by atoms with Crippen molar-refractivity contribution in [1.82, 2.24) is 14.8 Å². The van der Waals surface area contributed by atoms with E-state index < -0.39 is 4.92 Å². The number of morpholine rings is 1. The minimum absolute atomic E-state index is 0.00864. The first-order chi connectivity index (χ1) is 15.6. The first-order valence-corrected chi connectivity index (χ1v) is 11.0. The van der Waals surface area contributed by atoms with Gasteiger partial charge in [0.25, 0.3) is 0 Å². The van der Waals surface area contributed by atoms with Gasteiger partial charge in [0.15, 0.2) is 0 Å². The van der Waals surface area contributed by atoms with E-state index in [2.05, 4.69) is 25.0 Å². The van der Waals surface area contributed by atoms with Crippen molar-refractivity contribution in [3.05, 3.63) is 57.9 Å². The zero-order valence-corrected chi connectivity index (χ0v) is 18.1. The molecule has 0 spiro atoms. The Morgan fingerprint density at radius 2 is 1.72 bits per heavy atom. The molecule has 0 unspecified atom stereocenters. The molecule has 4 rings (SSSR count). The maximum atomic E-state index is 13.1. The van der Waals surface area contributed by atoms with Gasteiger partial charge in [-0.2, -0.15) is 0 Å². The first-order valence-electron chi connectivity index (χ1n) is 11.0. The minimum Gasteiger partial charge on any atom is -0.379 e. The van der Waals surface area contributed by atoms with E-state index in [-0.39, 0.29) is 11.5 Å². The molecule has 0 radical (unpaired) electrons. The summed E-state index contributed by atoms with van der Waals surface area (Å²) in [6, 6.07) is 9.86. The number of nitrogens with zero attached hydrogens (tertiary/aromatic N) is 5. The van der Waals surface area contributed by atoms with Crippen LogP contribution in [0, 0.1) is 15.9 Å². The molecule has 2 aliphatic rings. The molecule has 2 fully saturated rings. The van der Waals surface area contributed by atoms with Crippen molar-refractivity contribution < 1.29 is 14.1 Å². The van der Waals surface area contributed by atoms with Crippen molar-refractivity contribution >= 4 is 17.3 Å². The molecule has 2 aliphatic heterocycles. The quantitative estimate of drug-likeness (QED) is 0.490. The summed E-state index contributed by atoms with van der Waals surface area (Å²) in [4.78, 5) is 22.4. The zero-order chi connectivity index (χ0) is 22.3. The predicted octanol–water partition coefficient (Wildman–Crippen LogP) is 2.20. The minimum atomic E-state index is -0.394. The van der Waals surface area contributed by atoms with Crippen LogP contribution in [-0.2, 0) is 11.3 Å². The molecule has 0 atom stereocenters. The average molecular weight is 445 g/mol. The molecule has 0 aliphatic carbocycles. The lowest BCUT2D eigenvalue weighted by molar-refractivity contribution is -0.384. The van der Waals surface area contributed by atoms with Crippen LogP contribution >= 0.6 is 0 Å². The SMILES string of the molecule is O=[N+]([O-])c1ccc(N2CCN(Cc3ccc(F)cc3)CC2)nc1NCCN1CCOCC1. The second-order valence-corrected chi connectivity index (χ2v) is 8.06. The molecular weight excluding hydrogens is 415 g/mol. The van der Waals surface area contributed by atoms with E-state index in [0.717, 1.165) is 77.0 Å². The third-order valence-electron chi connectivity index (χ3n) is 5.90. The van der Waals surface area contributed by atoms with Crippen molar-refractivity contribution in [2.75, 3.05) is 75.8 Å². The standard InChI is InChI=1S/C22H29FN6O3/c23-19-3-1-18(2-4-19)17-27-9-11-28(12-10-27)21-6-5-20(29(30)31)22(25-21)24-7-8-26-13-15-32-16-14-26/h1-6H,7-17H2,(H,24,25). The maximum absolute atomic E-state index is 13.1. The van der Waals surface area contributed by atoms with Gasteiger partial charge in [-0.3, -0.25) is 19.9 Å². The fourth-order valence-corrected chi connectivity index (χ4v) is 4.04. The first kappa shape index (κ1) is 22.4. The molecule has 2 saturated heterocycles. The maximum Gasteiger partial charge on any atom is 0.311 e. The number of pyridine rings is 1. The Balaban J connectivity index is 1.34. The lowest BCUT2D eigenvalue weighted by Gasteiger charge is -2.35. The zero-order valence-electron chi connectivity index (χ0n) is 18.1. The molecule has 2 aromatic rings. The van der Waals surface area contributed by atoms with E-state index >= 15 is 0 Å². The molecule has 0 saturated carbocycles. The fraction of sp³-hybridized carbons (Fsp3) is 0.500. The van der Waals surface area contributed by atoms with Gasteiger partial charge in [-0.1, -0.05) is 12.1 Å². The van der Waals surface area contributed by atoms with Crippen LogP contribution in [0.25, 0.3) is 0 Å². The monoisotopic (exact) mass is 444 g/mol. The molecule has 1 aromatic heterocycles. The summed E-state index contributed by atoms with van der Waals surface area (Å²) in [5.74, 6) is 0.831. The normalized spacial score (nSPS) is 18.0. The van der Waals surface area contributed by atoms with Crippen molar-refractivity contribution in [3.63, 3.8) is 0 Å².